The summed E-state index contributed by atoms with van der Waals surface area (Å²) in [7, 11) is 2.99. The molecule has 0 radical (unpaired) electrons. The summed E-state index contributed by atoms with van der Waals surface area (Å²) in [5.74, 6) is 1.31. The molecule has 0 aliphatic carbocycles. The maximum absolute atomic E-state index is 13.4. The Bertz CT molecular complexity index is 748. The van der Waals surface area contributed by atoms with Crippen LogP contribution in [-0.4, -0.2) is 30.2 Å². The second-order valence-electron chi connectivity index (χ2n) is 5.40. The fourth-order valence-electron chi connectivity index (χ4n) is 2.83. The van der Waals surface area contributed by atoms with E-state index in [9.17, 15) is 13.2 Å². The number of rotatable bonds is 3. The summed E-state index contributed by atoms with van der Waals surface area (Å²) >= 11 is 3.13. The van der Waals surface area contributed by atoms with Crippen LogP contribution in [0.4, 0.5) is 19.0 Å². The molecule has 3 rings (SSSR count). The molecule has 2 unspecified atom stereocenters. The molecule has 0 fully saturated rings. The van der Waals surface area contributed by atoms with Gasteiger partial charge < -0.3 is 14.8 Å². The van der Waals surface area contributed by atoms with Crippen molar-refractivity contribution in [2.45, 2.75) is 24.7 Å². The van der Waals surface area contributed by atoms with Crippen LogP contribution < -0.4 is 14.8 Å². The van der Waals surface area contributed by atoms with Gasteiger partial charge in [0.1, 0.15) is 10.4 Å². The molecule has 1 aliphatic rings. The molecule has 9 heteroatoms. The molecule has 2 atom stereocenters. The van der Waals surface area contributed by atoms with Gasteiger partial charge in [-0.25, -0.2) is 4.68 Å². The predicted molar refractivity (Wildman–Crippen MR) is 85.5 cm³/mol. The van der Waals surface area contributed by atoms with Crippen LogP contribution >= 0.6 is 15.9 Å². The van der Waals surface area contributed by atoms with E-state index in [0.29, 0.717) is 27.5 Å². The minimum absolute atomic E-state index is 0.167. The molecule has 24 heavy (non-hydrogen) atoms. The lowest BCUT2D eigenvalue weighted by Crippen LogP contribution is -2.35. The van der Waals surface area contributed by atoms with Crippen molar-refractivity contribution in [3.63, 3.8) is 0 Å². The highest BCUT2D eigenvalue weighted by atomic mass is 79.9. The SMILES string of the molecule is COc1ccc(C2CC(C(F)(F)F)n3nc(Br)cc3N2)cc1OC. The van der Waals surface area contributed by atoms with Crippen molar-refractivity contribution in [3.05, 3.63) is 34.4 Å². The summed E-state index contributed by atoms with van der Waals surface area (Å²) < 4.78 is 52.0. The Morgan fingerprint density at radius 2 is 1.92 bits per heavy atom. The highest BCUT2D eigenvalue weighted by Gasteiger charge is 2.46. The van der Waals surface area contributed by atoms with Gasteiger partial charge in [0, 0.05) is 12.5 Å². The largest absolute Gasteiger partial charge is 0.493 e. The molecule has 0 saturated heterocycles. The number of hydrogen-bond donors (Lipinski definition) is 1. The summed E-state index contributed by atoms with van der Waals surface area (Å²) in [4.78, 5) is 0. The molecular weight excluding hydrogens is 391 g/mol. The topological polar surface area (TPSA) is 48.3 Å². The van der Waals surface area contributed by atoms with Gasteiger partial charge in [-0.1, -0.05) is 6.07 Å². The number of ether oxygens (including phenoxy) is 2. The first-order valence-electron chi connectivity index (χ1n) is 7.13. The van der Waals surface area contributed by atoms with Crippen LogP contribution in [0.25, 0.3) is 0 Å². The molecule has 1 aromatic heterocycles. The van der Waals surface area contributed by atoms with Gasteiger partial charge in [-0.3, -0.25) is 0 Å². The normalized spacial score (nSPS) is 20.2. The number of nitrogens with one attached hydrogen (secondary N) is 1. The van der Waals surface area contributed by atoms with Crippen LogP contribution in [0.1, 0.15) is 24.1 Å². The van der Waals surface area contributed by atoms with Crippen molar-refractivity contribution in [3.8, 4) is 11.5 Å². The third-order valence-corrected chi connectivity index (χ3v) is 4.36. The Morgan fingerprint density at radius 3 is 2.54 bits per heavy atom. The zero-order chi connectivity index (χ0) is 17.5. The molecule has 1 aliphatic heterocycles. The maximum atomic E-state index is 13.4. The highest BCUT2D eigenvalue weighted by molar-refractivity contribution is 9.10. The van der Waals surface area contributed by atoms with Crippen molar-refractivity contribution < 1.29 is 22.6 Å². The number of alkyl halides is 3. The van der Waals surface area contributed by atoms with Gasteiger partial charge in [-0.15, -0.1) is 0 Å². The predicted octanol–water partition coefficient (Wildman–Crippen LogP) is 4.32. The summed E-state index contributed by atoms with van der Waals surface area (Å²) in [6.07, 6.45) is -4.56. The highest BCUT2D eigenvalue weighted by Crippen LogP contribution is 2.45. The molecule has 5 nitrogen and oxygen atoms in total. The molecule has 1 aromatic carbocycles. The standard InChI is InChI=1S/C15H15BrF3N3O2/c1-23-10-4-3-8(5-11(10)24-2)9-6-12(15(17,18)19)22-14(20-9)7-13(16)21-22/h3-5,7,9,12,20H,6H2,1-2H3. The second-order valence-corrected chi connectivity index (χ2v) is 6.21. The zero-order valence-corrected chi connectivity index (χ0v) is 14.5. The summed E-state index contributed by atoms with van der Waals surface area (Å²) in [5, 5.41) is 6.99. The fraction of sp³-hybridized carbons (Fsp3) is 0.400. The smallest absolute Gasteiger partial charge is 0.410 e. The average molecular weight is 406 g/mol. The lowest BCUT2D eigenvalue weighted by Gasteiger charge is -2.33. The second kappa shape index (κ2) is 6.19. The Balaban J connectivity index is 1.99. The van der Waals surface area contributed by atoms with Gasteiger partial charge in [0.2, 0.25) is 0 Å². The Kier molecular flexibility index (Phi) is 4.37. The number of anilines is 1. The number of methoxy groups -OCH3 is 2. The van der Waals surface area contributed by atoms with Crippen molar-refractivity contribution in [2.75, 3.05) is 19.5 Å². The average Bonchev–Trinajstić information content (AvgIpc) is 2.92. The van der Waals surface area contributed by atoms with Crippen LogP contribution in [0.2, 0.25) is 0 Å². The number of halogens is 4. The number of aromatic nitrogens is 2. The molecule has 2 heterocycles. The number of nitrogens with zero attached hydrogens (tertiary/aromatic N) is 2. The summed E-state index contributed by atoms with van der Waals surface area (Å²) in [5.41, 5.74) is 0.686. The van der Waals surface area contributed by atoms with Crippen LogP contribution in [-0.2, 0) is 0 Å². The number of hydrogen-bond acceptors (Lipinski definition) is 4. The third-order valence-electron chi connectivity index (χ3n) is 3.97. The quantitative estimate of drug-likeness (QED) is 0.825. The Labute approximate surface area is 144 Å². The zero-order valence-electron chi connectivity index (χ0n) is 12.9. The van der Waals surface area contributed by atoms with E-state index < -0.39 is 18.3 Å². The van der Waals surface area contributed by atoms with Gasteiger partial charge in [0.15, 0.2) is 17.5 Å². The summed E-state index contributed by atoms with van der Waals surface area (Å²) in [6.45, 7) is 0. The summed E-state index contributed by atoms with van der Waals surface area (Å²) in [6, 6.07) is 4.41. The first-order chi connectivity index (χ1) is 11.3. The van der Waals surface area contributed by atoms with Crippen LogP contribution in [0, 0.1) is 0 Å². The van der Waals surface area contributed by atoms with Gasteiger partial charge in [-0.2, -0.15) is 18.3 Å². The monoisotopic (exact) mass is 405 g/mol. The Morgan fingerprint density at radius 1 is 1.21 bits per heavy atom. The van der Waals surface area contributed by atoms with Crippen LogP contribution in [0.15, 0.2) is 28.9 Å². The first-order valence-corrected chi connectivity index (χ1v) is 7.93. The molecule has 0 saturated carbocycles. The fourth-order valence-corrected chi connectivity index (χ4v) is 3.22. The van der Waals surface area contributed by atoms with Gasteiger partial charge >= 0.3 is 6.18 Å². The number of benzene rings is 1. The minimum Gasteiger partial charge on any atom is -0.493 e. The van der Waals surface area contributed by atoms with Gasteiger partial charge in [0.05, 0.1) is 20.3 Å². The molecule has 0 amide bonds. The van der Waals surface area contributed by atoms with Crippen molar-refractivity contribution in [1.82, 2.24) is 9.78 Å². The first kappa shape index (κ1) is 16.9. The van der Waals surface area contributed by atoms with E-state index in [4.69, 9.17) is 9.47 Å². The van der Waals surface area contributed by atoms with E-state index in [1.165, 1.54) is 20.3 Å². The maximum Gasteiger partial charge on any atom is 0.410 e. The lowest BCUT2D eigenvalue weighted by molar-refractivity contribution is -0.173. The Hall–Kier alpha value is -1.90. The van der Waals surface area contributed by atoms with E-state index in [1.54, 1.807) is 18.2 Å². The van der Waals surface area contributed by atoms with E-state index in [2.05, 4.69) is 26.3 Å². The van der Waals surface area contributed by atoms with E-state index in [1.807, 2.05) is 0 Å². The van der Waals surface area contributed by atoms with E-state index in [0.717, 1.165) is 4.68 Å². The third kappa shape index (κ3) is 3.04. The number of fused-ring (bicyclic) bond motifs is 1. The molecule has 2 aromatic rings. The molecule has 0 spiro atoms. The molecule has 1 N–H and O–H groups in total. The lowest BCUT2D eigenvalue weighted by atomic mass is 9.96. The van der Waals surface area contributed by atoms with Crippen molar-refractivity contribution in [1.29, 1.82) is 0 Å². The van der Waals surface area contributed by atoms with Crippen LogP contribution in [0.5, 0.6) is 11.5 Å². The van der Waals surface area contributed by atoms with Gasteiger partial charge in [0.25, 0.3) is 0 Å². The van der Waals surface area contributed by atoms with Crippen LogP contribution in [0.3, 0.4) is 0 Å². The van der Waals surface area contributed by atoms with Gasteiger partial charge in [-0.05, 0) is 33.6 Å². The molecular formula is C15H15BrF3N3O2. The van der Waals surface area contributed by atoms with Crippen molar-refractivity contribution in [2.24, 2.45) is 0 Å². The van der Waals surface area contributed by atoms with Crippen molar-refractivity contribution >= 4 is 21.7 Å². The molecule has 130 valence electrons. The molecule has 0 bridgehead atoms. The van der Waals surface area contributed by atoms with E-state index >= 15 is 0 Å². The minimum atomic E-state index is -4.39. The van der Waals surface area contributed by atoms with E-state index in [-0.39, 0.29) is 6.42 Å².